The van der Waals surface area contributed by atoms with Crippen molar-refractivity contribution < 1.29 is 14.5 Å². The van der Waals surface area contributed by atoms with Crippen LogP contribution in [0.4, 0.5) is 5.69 Å². The van der Waals surface area contributed by atoms with Crippen LogP contribution in [0.3, 0.4) is 0 Å². The van der Waals surface area contributed by atoms with Gasteiger partial charge < -0.3 is 0 Å². The predicted octanol–water partition coefficient (Wildman–Crippen LogP) is 1.71. The van der Waals surface area contributed by atoms with Crippen LogP contribution in [0.2, 0.25) is 0 Å². The summed E-state index contributed by atoms with van der Waals surface area (Å²) in [6.45, 7) is 0. The van der Waals surface area contributed by atoms with Gasteiger partial charge >= 0.3 is 0 Å². The Morgan fingerprint density at radius 2 is 2.14 bits per heavy atom. The number of hydrazine groups is 1. The van der Waals surface area contributed by atoms with Gasteiger partial charge in [0.1, 0.15) is 0 Å². The monoisotopic (exact) mass is 289 g/mol. The predicted molar refractivity (Wildman–Crippen MR) is 75.2 cm³/mol. The number of nitrogens with zero attached hydrogens (tertiary/aromatic N) is 1. The fourth-order valence-corrected chi connectivity index (χ4v) is 2.11. The normalized spacial score (nSPS) is 16.5. The first-order chi connectivity index (χ1) is 10.1. The van der Waals surface area contributed by atoms with Crippen molar-refractivity contribution in [3.8, 4) is 0 Å². The lowest BCUT2D eigenvalue weighted by molar-refractivity contribution is -0.384. The van der Waals surface area contributed by atoms with Crippen LogP contribution in [-0.2, 0) is 4.79 Å². The highest BCUT2D eigenvalue weighted by Gasteiger charge is 2.15. The van der Waals surface area contributed by atoms with Gasteiger partial charge in [0.2, 0.25) is 5.91 Å². The summed E-state index contributed by atoms with van der Waals surface area (Å²) in [7, 11) is 0. The zero-order chi connectivity index (χ0) is 15.2. The van der Waals surface area contributed by atoms with Gasteiger partial charge in [-0.3, -0.25) is 30.6 Å². The molecule has 1 aromatic rings. The molecular formula is C14H15N3O4. The maximum absolute atomic E-state index is 11.8. The molecule has 7 nitrogen and oxygen atoms in total. The molecule has 0 bridgehead atoms. The second-order valence-corrected chi connectivity index (χ2v) is 4.78. The molecule has 7 heteroatoms. The number of hydrogen-bond donors (Lipinski definition) is 2. The highest BCUT2D eigenvalue weighted by molar-refractivity contribution is 5.95. The second-order valence-electron chi connectivity index (χ2n) is 4.78. The number of benzene rings is 1. The van der Waals surface area contributed by atoms with E-state index in [4.69, 9.17) is 0 Å². The van der Waals surface area contributed by atoms with Crippen LogP contribution in [0.5, 0.6) is 0 Å². The minimum absolute atomic E-state index is 0.116. The van der Waals surface area contributed by atoms with E-state index in [0.717, 1.165) is 18.9 Å². The van der Waals surface area contributed by atoms with Crippen LogP contribution < -0.4 is 10.9 Å². The van der Waals surface area contributed by atoms with E-state index >= 15 is 0 Å². The lowest BCUT2D eigenvalue weighted by atomic mass is 10.1. The number of rotatable bonds is 4. The number of nitro benzene ring substituents is 1. The molecule has 2 amide bonds. The van der Waals surface area contributed by atoms with Gasteiger partial charge in [0.15, 0.2) is 0 Å². The number of carbonyl (C=O) groups is 2. The number of hydrogen-bond acceptors (Lipinski definition) is 4. The van der Waals surface area contributed by atoms with Crippen molar-refractivity contribution in [1.82, 2.24) is 10.9 Å². The zero-order valence-electron chi connectivity index (χ0n) is 11.2. The van der Waals surface area contributed by atoms with Crippen molar-refractivity contribution in [3.63, 3.8) is 0 Å². The first-order valence-corrected chi connectivity index (χ1v) is 6.56. The van der Waals surface area contributed by atoms with E-state index in [1.165, 1.54) is 18.2 Å². The Balaban J connectivity index is 1.86. The summed E-state index contributed by atoms with van der Waals surface area (Å²) in [5, 5.41) is 10.6. The van der Waals surface area contributed by atoms with Gasteiger partial charge in [0.05, 0.1) is 4.92 Å². The third kappa shape index (κ3) is 4.13. The molecule has 0 radical (unpaired) electrons. The van der Waals surface area contributed by atoms with E-state index in [2.05, 4.69) is 10.9 Å². The lowest BCUT2D eigenvalue weighted by Gasteiger charge is -2.09. The highest BCUT2D eigenvalue weighted by Crippen LogP contribution is 2.19. The summed E-state index contributed by atoms with van der Waals surface area (Å²) < 4.78 is 0. The minimum Gasteiger partial charge on any atom is -0.273 e. The van der Waals surface area contributed by atoms with Crippen molar-refractivity contribution in [3.05, 3.63) is 52.1 Å². The number of non-ortho nitro benzene ring substituents is 1. The number of allylic oxidation sites excluding steroid dienone is 2. The van der Waals surface area contributed by atoms with Crippen molar-refractivity contribution in [1.29, 1.82) is 0 Å². The van der Waals surface area contributed by atoms with Crippen LogP contribution >= 0.6 is 0 Å². The average molecular weight is 289 g/mol. The Morgan fingerprint density at radius 1 is 1.33 bits per heavy atom. The number of nitro groups is 1. The fourth-order valence-electron chi connectivity index (χ4n) is 2.11. The molecule has 1 aliphatic rings. The maximum atomic E-state index is 11.8. The Hall–Kier alpha value is -2.70. The molecule has 1 aromatic carbocycles. The quantitative estimate of drug-likeness (QED) is 0.500. The first-order valence-electron chi connectivity index (χ1n) is 6.56. The zero-order valence-corrected chi connectivity index (χ0v) is 11.2. The van der Waals surface area contributed by atoms with Crippen LogP contribution in [0.1, 0.15) is 29.6 Å². The van der Waals surface area contributed by atoms with Gasteiger partial charge in [0, 0.05) is 24.1 Å². The average Bonchev–Trinajstić information content (AvgIpc) is 2.97. The Kier molecular flexibility index (Phi) is 4.65. The van der Waals surface area contributed by atoms with Gasteiger partial charge in [-0.1, -0.05) is 18.2 Å². The number of amides is 2. The Labute approximate surface area is 121 Å². The van der Waals surface area contributed by atoms with Crippen LogP contribution in [0.15, 0.2) is 36.4 Å². The summed E-state index contributed by atoms with van der Waals surface area (Å²) in [6.07, 6.45) is 6.23. The molecule has 1 atom stereocenters. The fraction of sp³-hybridized carbons (Fsp3) is 0.286. The molecule has 0 heterocycles. The maximum Gasteiger partial charge on any atom is 0.270 e. The molecule has 110 valence electrons. The lowest BCUT2D eigenvalue weighted by Crippen LogP contribution is -2.42. The first kappa shape index (κ1) is 14.7. The second kappa shape index (κ2) is 6.65. The van der Waals surface area contributed by atoms with Gasteiger partial charge in [-0.05, 0) is 24.8 Å². The van der Waals surface area contributed by atoms with E-state index in [0.29, 0.717) is 6.42 Å². The summed E-state index contributed by atoms with van der Waals surface area (Å²) in [5.41, 5.74) is 4.51. The number of nitrogens with one attached hydrogen (secondary N) is 2. The van der Waals surface area contributed by atoms with E-state index in [1.807, 2.05) is 12.2 Å². The molecule has 1 unspecified atom stereocenters. The Bertz CT molecular complexity index is 598. The molecule has 21 heavy (non-hydrogen) atoms. The van der Waals surface area contributed by atoms with Gasteiger partial charge in [-0.15, -0.1) is 0 Å². The highest BCUT2D eigenvalue weighted by atomic mass is 16.6. The van der Waals surface area contributed by atoms with Crippen molar-refractivity contribution in [2.45, 2.75) is 19.3 Å². The minimum atomic E-state index is -0.589. The summed E-state index contributed by atoms with van der Waals surface area (Å²) in [6, 6.07) is 5.30. The third-order valence-electron chi connectivity index (χ3n) is 3.19. The molecule has 0 spiro atoms. The number of carbonyl (C=O) groups excluding carboxylic acids is 2. The standard InChI is InChI=1S/C14H15N3O4/c18-13(8-10-4-1-2-5-10)15-16-14(19)11-6-3-7-12(9-11)17(20)21/h1,3-4,6-7,9-10H,2,5,8H2,(H,15,18)(H,16,19). The topological polar surface area (TPSA) is 101 Å². The van der Waals surface area contributed by atoms with Gasteiger partial charge in [-0.2, -0.15) is 0 Å². The van der Waals surface area contributed by atoms with Crippen LogP contribution in [-0.4, -0.2) is 16.7 Å². The molecule has 2 N–H and O–H groups in total. The van der Waals surface area contributed by atoms with Gasteiger partial charge in [0.25, 0.3) is 11.6 Å². The van der Waals surface area contributed by atoms with E-state index in [9.17, 15) is 19.7 Å². The SMILES string of the molecule is O=C(CC1C=CCC1)NNC(=O)c1cccc([N+](=O)[O-])c1. The molecule has 1 aliphatic carbocycles. The molecule has 2 rings (SSSR count). The van der Waals surface area contributed by atoms with Crippen molar-refractivity contribution in [2.75, 3.05) is 0 Å². The van der Waals surface area contributed by atoms with Crippen molar-refractivity contribution in [2.24, 2.45) is 5.92 Å². The molecule has 0 fully saturated rings. The molecular weight excluding hydrogens is 274 g/mol. The summed E-state index contributed by atoms with van der Waals surface area (Å²) in [5.74, 6) is -0.668. The van der Waals surface area contributed by atoms with Crippen molar-refractivity contribution >= 4 is 17.5 Å². The van der Waals surface area contributed by atoms with Gasteiger partial charge in [-0.25, -0.2) is 0 Å². The molecule has 0 aliphatic heterocycles. The third-order valence-corrected chi connectivity index (χ3v) is 3.19. The van der Waals surface area contributed by atoms with E-state index in [1.54, 1.807) is 0 Å². The van der Waals surface area contributed by atoms with Crippen LogP contribution in [0, 0.1) is 16.0 Å². The smallest absolute Gasteiger partial charge is 0.270 e. The van der Waals surface area contributed by atoms with E-state index in [-0.39, 0.29) is 23.1 Å². The largest absolute Gasteiger partial charge is 0.273 e. The summed E-state index contributed by atoms with van der Waals surface area (Å²) >= 11 is 0. The molecule has 0 aromatic heterocycles. The summed E-state index contributed by atoms with van der Waals surface area (Å²) in [4.78, 5) is 33.5. The molecule has 0 saturated heterocycles. The van der Waals surface area contributed by atoms with E-state index < -0.39 is 10.8 Å². The van der Waals surface area contributed by atoms with Crippen LogP contribution in [0.25, 0.3) is 0 Å². The molecule has 0 saturated carbocycles. The Morgan fingerprint density at radius 3 is 2.81 bits per heavy atom.